The highest BCUT2D eigenvalue weighted by Crippen LogP contribution is 2.27. The maximum absolute atomic E-state index is 12.1. The molecule has 110 valence electrons. The van der Waals surface area contributed by atoms with Gasteiger partial charge in [0.25, 0.3) is 5.91 Å². The van der Waals surface area contributed by atoms with Crippen molar-refractivity contribution in [3.8, 4) is 5.75 Å². The van der Waals surface area contributed by atoms with E-state index in [0.717, 1.165) is 30.4 Å². The van der Waals surface area contributed by atoms with E-state index in [2.05, 4.69) is 21.2 Å². The lowest BCUT2D eigenvalue weighted by molar-refractivity contribution is -0.134. The number of hydrogen-bond acceptors (Lipinski definition) is 3. The van der Waals surface area contributed by atoms with Crippen LogP contribution in [0.15, 0.2) is 22.7 Å². The Hall–Kier alpha value is -0.780. The summed E-state index contributed by atoms with van der Waals surface area (Å²) in [6.07, 6.45) is 2.13. The van der Waals surface area contributed by atoms with Crippen molar-refractivity contribution in [3.63, 3.8) is 0 Å². The third-order valence-electron chi connectivity index (χ3n) is 3.43. The number of nitrogens with one attached hydrogen (secondary N) is 1. The minimum atomic E-state index is 0.00364. The zero-order valence-electron chi connectivity index (χ0n) is 11.4. The maximum atomic E-state index is 12.1. The lowest BCUT2D eigenvalue weighted by Gasteiger charge is -2.32. The average molecular weight is 362 g/mol. The molecule has 1 heterocycles. The highest BCUT2D eigenvalue weighted by Gasteiger charge is 2.22. The number of carbonyl (C=O) groups excluding carboxylic acids is 1. The van der Waals surface area contributed by atoms with Crippen LogP contribution in [0, 0.1) is 0 Å². The Kier molecular flexibility index (Phi) is 5.69. The Morgan fingerprint density at radius 3 is 3.10 bits per heavy atom. The monoisotopic (exact) mass is 360 g/mol. The molecule has 0 radical (unpaired) electrons. The summed E-state index contributed by atoms with van der Waals surface area (Å²) in [6.45, 7) is 1.57. The molecule has 1 amide bonds. The first-order chi connectivity index (χ1) is 9.60. The highest BCUT2D eigenvalue weighted by atomic mass is 79.9. The quantitative estimate of drug-likeness (QED) is 0.896. The van der Waals surface area contributed by atoms with Gasteiger partial charge in [-0.25, -0.2) is 0 Å². The molecule has 0 saturated carbocycles. The van der Waals surface area contributed by atoms with Crippen LogP contribution in [0.25, 0.3) is 0 Å². The fourth-order valence-electron chi connectivity index (χ4n) is 2.26. The topological polar surface area (TPSA) is 41.6 Å². The normalized spacial score (nSPS) is 18.9. The first-order valence-electron chi connectivity index (χ1n) is 6.63. The highest BCUT2D eigenvalue weighted by molar-refractivity contribution is 9.10. The molecule has 1 aliphatic rings. The van der Waals surface area contributed by atoms with E-state index in [9.17, 15) is 4.79 Å². The number of likely N-dealkylation sites (N-methyl/N-ethyl adjacent to an activating group) is 1. The molecule has 1 fully saturated rings. The zero-order chi connectivity index (χ0) is 14.5. The summed E-state index contributed by atoms with van der Waals surface area (Å²) in [5.41, 5.74) is 0. The predicted octanol–water partition coefficient (Wildman–Crippen LogP) is 2.69. The maximum Gasteiger partial charge on any atom is 0.260 e. The molecule has 1 atom stereocenters. The largest absolute Gasteiger partial charge is 0.482 e. The van der Waals surface area contributed by atoms with Crippen LogP contribution in [0.3, 0.4) is 0 Å². The Balaban J connectivity index is 1.88. The molecule has 6 heteroatoms. The summed E-state index contributed by atoms with van der Waals surface area (Å²) in [6, 6.07) is 5.72. The Morgan fingerprint density at radius 2 is 2.40 bits per heavy atom. The third-order valence-corrected chi connectivity index (χ3v) is 4.22. The van der Waals surface area contributed by atoms with Crippen LogP contribution in [0.4, 0.5) is 0 Å². The number of ether oxygens (including phenoxy) is 1. The van der Waals surface area contributed by atoms with E-state index in [1.807, 2.05) is 18.0 Å². The number of nitrogens with zero attached hydrogens (tertiary/aromatic N) is 1. The number of benzene rings is 1. The van der Waals surface area contributed by atoms with Crippen molar-refractivity contribution in [2.45, 2.75) is 18.9 Å². The summed E-state index contributed by atoms with van der Waals surface area (Å²) in [4.78, 5) is 14.0. The number of piperidine rings is 1. The van der Waals surface area contributed by atoms with Gasteiger partial charge in [-0.3, -0.25) is 4.79 Å². The van der Waals surface area contributed by atoms with Crippen molar-refractivity contribution < 1.29 is 9.53 Å². The summed E-state index contributed by atoms with van der Waals surface area (Å²) in [5.74, 6) is 0.536. The van der Waals surface area contributed by atoms with Crippen molar-refractivity contribution in [2.24, 2.45) is 0 Å². The van der Waals surface area contributed by atoms with E-state index in [4.69, 9.17) is 16.3 Å². The molecule has 1 aromatic carbocycles. The fourth-order valence-corrected chi connectivity index (χ4v) is 2.99. The van der Waals surface area contributed by atoms with Gasteiger partial charge in [0.2, 0.25) is 0 Å². The van der Waals surface area contributed by atoms with Crippen molar-refractivity contribution in [1.82, 2.24) is 10.2 Å². The van der Waals surface area contributed by atoms with Crippen LogP contribution in [0.5, 0.6) is 5.75 Å². The average Bonchev–Trinajstić information content (AvgIpc) is 2.46. The Labute approximate surface area is 132 Å². The van der Waals surface area contributed by atoms with Gasteiger partial charge in [-0.1, -0.05) is 27.5 Å². The minimum absolute atomic E-state index is 0.00364. The van der Waals surface area contributed by atoms with Crippen molar-refractivity contribution in [2.75, 3.05) is 26.7 Å². The molecule has 1 unspecified atom stereocenters. The van der Waals surface area contributed by atoms with Gasteiger partial charge in [-0.2, -0.15) is 0 Å². The van der Waals surface area contributed by atoms with E-state index in [-0.39, 0.29) is 12.5 Å². The van der Waals surface area contributed by atoms with Gasteiger partial charge in [-0.15, -0.1) is 0 Å². The molecule has 0 aromatic heterocycles. The second-order valence-corrected chi connectivity index (χ2v) is 6.15. The lowest BCUT2D eigenvalue weighted by Crippen LogP contribution is -2.48. The molecule has 1 aliphatic heterocycles. The van der Waals surface area contributed by atoms with Gasteiger partial charge in [0.15, 0.2) is 6.61 Å². The molecule has 2 rings (SSSR count). The third kappa shape index (κ3) is 4.11. The molecule has 0 bridgehead atoms. The summed E-state index contributed by atoms with van der Waals surface area (Å²) >= 11 is 9.39. The second kappa shape index (κ2) is 7.29. The molecule has 1 N–H and O–H groups in total. The number of rotatable bonds is 4. The smallest absolute Gasteiger partial charge is 0.260 e. The number of hydrogen-bond donors (Lipinski definition) is 1. The van der Waals surface area contributed by atoms with E-state index in [0.29, 0.717) is 16.8 Å². The van der Waals surface area contributed by atoms with E-state index in [1.165, 1.54) is 0 Å². The van der Waals surface area contributed by atoms with Crippen LogP contribution in [0.2, 0.25) is 5.02 Å². The molecule has 0 spiro atoms. The van der Waals surface area contributed by atoms with Gasteiger partial charge in [0, 0.05) is 23.6 Å². The van der Waals surface area contributed by atoms with Crippen molar-refractivity contribution >= 4 is 33.4 Å². The second-order valence-electron chi connectivity index (χ2n) is 4.83. The van der Waals surface area contributed by atoms with Crippen molar-refractivity contribution in [3.05, 3.63) is 27.7 Å². The number of amides is 1. The number of likely N-dealkylation sites (tertiary alicyclic amines) is 1. The van der Waals surface area contributed by atoms with E-state index in [1.54, 1.807) is 12.1 Å². The molecule has 20 heavy (non-hydrogen) atoms. The summed E-state index contributed by atoms with van der Waals surface area (Å²) < 4.78 is 6.39. The van der Waals surface area contributed by atoms with Crippen LogP contribution in [-0.4, -0.2) is 43.6 Å². The van der Waals surface area contributed by atoms with Crippen LogP contribution in [-0.2, 0) is 4.79 Å². The summed E-state index contributed by atoms with van der Waals surface area (Å²) in [7, 11) is 1.93. The predicted molar refractivity (Wildman–Crippen MR) is 83.3 cm³/mol. The standard InChI is InChI=1S/C14H18BrClN2O2/c1-17-11-3-2-6-18(8-11)14(19)9-20-13-5-4-10(15)7-12(13)16/h4-5,7,11,17H,2-3,6,8-9H2,1H3. The molecule has 4 nitrogen and oxygen atoms in total. The van der Waals surface area contributed by atoms with E-state index >= 15 is 0 Å². The van der Waals surface area contributed by atoms with Crippen LogP contribution < -0.4 is 10.1 Å². The number of carbonyl (C=O) groups is 1. The minimum Gasteiger partial charge on any atom is -0.482 e. The van der Waals surface area contributed by atoms with Crippen LogP contribution >= 0.6 is 27.5 Å². The van der Waals surface area contributed by atoms with Gasteiger partial charge >= 0.3 is 0 Å². The number of halogens is 2. The molecular weight excluding hydrogens is 344 g/mol. The van der Waals surface area contributed by atoms with Gasteiger partial charge in [0.05, 0.1) is 5.02 Å². The first kappa shape index (κ1) is 15.6. The molecule has 0 aliphatic carbocycles. The molecule has 1 aromatic rings. The van der Waals surface area contributed by atoms with Gasteiger partial charge in [0.1, 0.15) is 5.75 Å². The fraction of sp³-hybridized carbons (Fsp3) is 0.500. The van der Waals surface area contributed by atoms with Gasteiger partial charge in [-0.05, 0) is 38.1 Å². The summed E-state index contributed by atoms with van der Waals surface area (Å²) in [5, 5.41) is 3.72. The van der Waals surface area contributed by atoms with E-state index < -0.39 is 0 Å². The van der Waals surface area contributed by atoms with Gasteiger partial charge < -0.3 is 15.0 Å². The van der Waals surface area contributed by atoms with Crippen LogP contribution in [0.1, 0.15) is 12.8 Å². The Morgan fingerprint density at radius 1 is 1.60 bits per heavy atom. The first-order valence-corrected chi connectivity index (χ1v) is 7.80. The lowest BCUT2D eigenvalue weighted by atomic mass is 10.1. The molecular formula is C14H18BrClN2O2. The zero-order valence-corrected chi connectivity index (χ0v) is 13.7. The van der Waals surface area contributed by atoms with Crippen molar-refractivity contribution in [1.29, 1.82) is 0 Å². The SMILES string of the molecule is CNC1CCCN(C(=O)COc2ccc(Br)cc2Cl)C1. The Bertz CT molecular complexity index is 484. The molecule has 1 saturated heterocycles.